The van der Waals surface area contributed by atoms with E-state index < -0.39 is 10.8 Å². The van der Waals surface area contributed by atoms with Crippen LogP contribution < -0.4 is 0 Å². The Balaban J connectivity index is 1.40. The molecular weight excluding hydrogens is 348 g/mol. The van der Waals surface area contributed by atoms with Crippen molar-refractivity contribution < 1.29 is 4.21 Å². The third kappa shape index (κ3) is 2.88. The van der Waals surface area contributed by atoms with Crippen LogP contribution >= 0.6 is 0 Å². The minimum Gasteiger partial charge on any atom is -0.254 e. The molecule has 0 radical (unpaired) electrons. The summed E-state index contributed by atoms with van der Waals surface area (Å²) in [5, 5.41) is 0.373. The molecule has 0 N–H and O–H groups in total. The first-order chi connectivity index (χ1) is 13.0. The second kappa shape index (κ2) is 6.71. The van der Waals surface area contributed by atoms with E-state index in [2.05, 4.69) is 26.0 Å². The minimum atomic E-state index is -0.832. The van der Waals surface area contributed by atoms with Crippen molar-refractivity contribution in [3.8, 4) is 0 Å². The van der Waals surface area contributed by atoms with Gasteiger partial charge in [-0.25, -0.2) is 0 Å². The fourth-order valence-corrected chi connectivity index (χ4v) is 9.92. The van der Waals surface area contributed by atoms with Gasteiger partial charge in [0, 0.05) is 10.1 Å². The third-order valence-corrected chi connectivity index (χ3v) is 11.3. The van der Waals surface area contributed by atoms with Crippen molar-refractivity contribution in [2.45, 2.75) is 88.2 Å². The van der Waals surface area contributed by atoms with Crippen LogP contribution in [-0.4, -0.2) is 9.46 Å². The molecule has 0 bridgehead atoms. The number of hydrogen-bond acceptors (Lipinski definition) is 1. The Labute approximate surface area is 168 Å². The molecule has 1 unspecified atom stereocenters. The zero-order chi connectivity index (χ0) is 18.6. The van der Waals surface area contributed by atoms with Crippen molar-refractivity contribution in [2.75, 3.05) is 0 Å². The Bertz CT molecular complexity index is 714. The van der Waals surface area contributed by atoms with Crippen molar-refractivity contribution >= 4 is 10.8 Å². The third-order valence-electron chi connectivity index (χ3n) is 9.59. The minimum absolute atomic E-state index is 0.373. The first kappa shape index (κ1) is 18.4. The maximum Gasteiger partial charge on any atom is 0.0561 e. The van der Waals surface area contributed by atoms with E-state index in [-0.39, 0.29) is 0 Å². The van der Waals surface area contributed by atoms with Crippen LogP contribution in [0.2, 0.25) is 0 Å². The zero-order valence-corrected chi connectivity index (χ0v) is 18.0. The second-order valence-electron chi connectivity index (χ2n) is 10.8. The monoisotopic (exact) mass is 384 g/mol. The highest BCUT2D eigenvalue weighted by Gasteiger charge is 2.59. The molecule has 2 heteroatoms. The highest BCUT2D eigenvalue weighted by atomic mass is 32.2. The lowest BCUT2D eigenvalue weighted by molar-refractivity contribution is -0.103. The zero-order valence-electron chi connectivity index (χ0n) is 17.2. The van der Waals surface area contributed by atoms with Gasteiger partial charge in [0.1, 0.15) is 0 Å². The van der Waals surface area contributed by atoms with E-state index in [4.69, 9.17) is 0 Å². The molecular formula is C25H36OS. The van der Waals surface area contributed by atoms with Gasteiger partial charge in [-0.15, -0.1) is 0 Å². The van der Waals surface area contributed by atoms with Gasteiger partial charge in [0.2, 0.25) is 0 Å². The SMILES string of the molecule is C[C@]12CC[C@H]3[C@@H](CC[C@H]4CCCC[C@@]43C)[C@@H]1C[C@H](S(=O)c1ccccc1)C2. The van der Waals surface area contributed by atoms with Crippen molar-refractivity contribution in [3.63, 3.8) is 0 Å². The summed E-state index contributed by atoms with van der Waals surface area (Å²) in [5.74, 6) is 3.65. The van der Waals surface area contributed by atoms with Crippen molar-refractivity contribution in [1.82, 2.24) is 0 Å². The molecule has 0 aromatic heterocycles. The quantitative estimate of drug-likeness (QED) is 0.561. The second-order valence-corrected chi connectivity index (χ2v) is 12.5. The lowest BCUT2D eigenvalue weighted by atomic mass is 9.45. The summed E-state index contributed by atoms with van der Waals surface area (Å²) in [4.78, 5) is 1.05. The van der Waals surface area contributed by atoms with Gasteiger partial charge in [0.05, 0.1) is 10.8 Å². The first-order valence-corrected chi connectivity index (χ1v) is 12.7. The van der Waals surface area contributed by atoms with Crippen molar-refractivity contribution in [3.05, 3.63) is 30.3 Å². The van der Waals surface area contributed by atoms with Crippen LogP contribution in [0.4, 0.5) is 0 Å². The van der Waals surface area contributed by atoms with Crippen LogP contribution in [0.25, 0.3) is 0 Å². The highest BCUT2D eigenvalue weighted by Crippen LogP contribution is 2.66. The Hall–Kier alpha value is -0.630. The molecule has 0 saturated heterocycles. The Morgan fingerprint density at radius 2 is 1.74 bits per heavy atom. The number of hydrogen-bond donors (Lipinski definition) is 0. The van der Waals surface area contributed by atoms with Gasteiger partial charge in [0.15, 0.2) is 0 Å². The summed E-state index contributed by atoms with van der Waals surface area (Å²) in [6, 6.07) is 10.2. The van der Waals surface area contributed by atoms with Gasteiger partial charge < -0.3 is 0 Å². The van der Waals surface area contributed by atoms with E-state index in [0.717, 1.165) is 28.6 Å². The summed E-state index contributed by atoms with van der Waals surface area (Å²) in [7, 11) is -0.832. The van der Waals surface area contributed by atoms with E-state index in [1.165, 1.54) is 64.2 Å². The Morgan fingerprint density at radius 1 is 0.926 bits per heavy atom. The molecule has 4 aliphatic rings. The maximum atomic E-state index is 13.3. The molecule has 148 valence electrons. The normalized spacial score (nSPS) is 47.6. The number of benzene rings is 1. The fraction of sp³-hybridized carbons (Fsp3) is 0.760. The average molecular weight is 385 g/mol. The predicted molar refractivity (Wildman–Crippen MR) is 113 cm³/mol. The summed E-state index contributed by atoms with van der Waals surface area (Å²) >= 11 is 0. The van der Waals surface area contributed by atoms with Crippen molar-refractivity contribution in [1.29, 1.82) is 0 Å². The maximum absolute atomic E-state index is 13.3. The molecule has 4 saturated carbocycles. The van der Waals surface area contributed by atoms with Crippen LogP contribution in [-0.2, 0) is 10.8 Å². The molecule has 1 nitrogen and oxygen atoms in total. The lowest BCUT2D eigenvalue weighted by Crippen LogP contribution is -2.51. The van der Waals surface area contributed by atoms with Gasteiger partial charge in [0.25, 0.3) is 0 Å². The first-order valence-electron chi connectivity index (χ1n) is 11.5. The lowest BCUT2D eigenvalue weighted by Gasteiger charge is -2.60. The number of fused-ring (bicyclic) bond motifs is 5. The van der Waals surface area contributed by atoms with Gasteiger partial charge in [-0.3, -0.25) is 4.21 Å². The summed E-state index contributed by atoms with van der Waals surface area (Å²) in [6.07, 6.45) is 14.0. The van der Waals surface area contributed by atoms with Gasteiger partial charge in [-0.2, -0.15) is 0 Å². The van der Waals surface area contributed by atoms with Gasteiger partial charge >= 0.3 is 0 Å². The van der Waals surface area contributed by atoms with Crippen LogP contribution in [0.1, 0.15) is 78.1 Å². The molecule has 0 aliphatic heterocycles. The van der Waals surface area contributed by atoms with Gasteiger partial charge in [-0.05, 0) is 98.0 Å². The summed E-state index contributed by atoms with van der Waals surface area (Å²) in [6.45, 7) is 5.20. The highest BCUT2D eigenvalue weighted by molar-refractivity contribution is 7.85. The molecule has 1 aromatic carbocycles. The molecule has 1 aromatic rings. The molecule has 4 fully saturated rings. The molecule has 0 amide bonds. The molecule has 0 heterocycles. The average Bonchev–Trinajstić information content (AvgIpc) is 3.05. The Morgan fingerprint density at radius 3 is 2.56 bits per heavy atom. The molecule has 0 spiro atoms. The van der Waals surface area contributed by atoms with E-state index in [0.29, 0.717) is 16.1 Å². The molecule has 8 atom stereocenters. The van der Waals surface area contributed by atoms with Crippen LogP contribution in [0, 0.1) is 34.5 Å². The van der Waals surface area contributed by atoms with Crippen LogP contribution in [0.5, 0.6) is 0 Å². The van der Waals surface area contributed by atoms with Crippen LogP contribution in [0.15, 0.2) is 35.2 Å². The van der Waals surface area contributed by atoms with E-state index >= 15 is 0 Å². The number of rotatable bonds is 2. The predicted octanol–water partition coefficient (Wildman–Crippen LogP) is 6.60. The standard InChI is InChI=1S/C25H36OS/c1-24-15-13-22-21(12-11-18-8-6-7-14-25(18,22)2)23(24)16-20(17-24)27(26)19-9-4-3-5-10-19/h3-5,9-10,18,20-23H,6-8,11-17H2,1-2H3/t18-,20+,21-,22+,23+,24-,25+,27?/m1/s1. The van der Waals surface area contributed by atoms with E-state index in [1.54, 1.807) is 0 Å². The van der Waals surface area contributed by atoms with Crippen LogP contribution in [0.3, 0.4) is 0 Å². The smallest absolute Gasteiger partial charge is 0.0561 e. The van der Waals surface area contributed by atoms with Crippen molar-refractivity contribution in [2.24, 2.45) is 34.5 Å². The fourth-order valence-electron chi connectivity index (χ4n) is 8.20. The van der Waals surface area contributed by atoms with E-state index in [9.17, 15) is 4.21 Å². The molecule has 5 rings (SSSR count). The van der Waals surface area contributed by atoms with E-state index in [1.807, 2.05) is 18.2 Å². The summed E-state index contributed by atoms with van der Waals surface area (Å²) in [5.41, 5.74) is 1.05. The molecule has 27 heavy (non-hydrogen) atoms. The summed E-state index contributed by atoms with van der Waals surface area (Å²) < 4.78 is 13.3. The molecule has 4 aliphatic carbocycles. The van der Waals surface area contributed by atoms with Gasteiger partial charge in [-0.1, -0.05) is 44.9 Å². The topological polar surface area (TPSA) is 17.1 Å². The largest absolute Gasteiger partial charge is 0.254 e. The Kier molecular flexibility index (Phi) is 4.58.